The van der Waals surface area contributed by atoms with Crippen molar-refractivity contribution in [3.8, 4) is 0 Å². The Bertz CT molecular complexity index is 488. The summed E-state index contributed by atoms with van der Waals surface area (Å²) in [6.07, 6.45) is 0. The molecule has 0 aliphatic heterocycles. The third kappa shape index (κ3) is 2.61. The van der Waals surface area contributed by atoms with Crippen molar-refractivity contribution in [2.75, 3.05) is 7.05 Å². The maximum absolute atomic E-state index is 13.0. The largest absolute Gasteiger partial charge is 0.243 e. The standard InChI is InChI=1S/C10H13BrFNO2S/c1-7(2)13(3)16(14,15)8-4-5-10(12)9(11)6-8/h4-7H,1-3H3. The number of nitrogens with zero attached hydrogens (tertiary/aromatic N) is 1. The van der Waals surface area contributed by atoms with E-state index < -0.39 is 15.8 Å². The molecule has 0 heterocycles. The normalized spacial score (nSPS) is 12.4. The van der Waals surface area contributed by atoms with Crippen LogP contribution in [0.4, 0.5) is 4.39 Å². The van der Waals surface area contributed by atoms with Gasteiger partial charge in [-0.05, 0) is 48.0 Å². The Kier molecular flexibility index (Phi) is 4.09. The Morgan fingerprint density at radius 2 is 1.94 bits per heavy atom. The zero-order chi connectivity index (χ0) is 12.5. The van der Waals surface area contributed by atoms with Gasteiger partial charge in [-0.1, -0.05) is 0 Å². The van der Waals surface area contributed by atoms with Gasteiger partial charge in [-0.3, -0.25) is 0 Å². The summed E-state index contributed by atoms with van der Waals surface area (Å²) in [5.41, 5.74) is 0. The molecular formula is C10H13BrFNO2S. The van der Waals surface area contributed by atoms with E-state index in [9.17, 15) is 12.8 Å². The smallest absolute Gasteiger partial charge is 0.207 e. The number of halogens is 2. The summed E-state index contributed by atoms with van der Waals surface area (Å²) < 4.78 is 38.4. The lowest BCUT2D eigenvalue weighted by Gasteiger charge is -2.21. The van der Waals surface area contributed by atoms with Gasteiger partial charge in [0, 0.05) is 13.1 Å². The molecule has 0 saturated heterocycles. The highest BCUT2D eigenvalue weighted by atomic mass is 79.9. The molecule has 0 fully saturated rings. The number of benzene rings is 1. The molecule has 3 nitrogen and oxygen atoms in total. The van der Waals surface area contributed by atoms with E-state index in [-0.39, 0.29) is 15.4 Å². The summed E-state index contributed by atoms with van der Waals surface area (Å²) in [5, 5.41) is 0. The van der Waals surface area contributed by atoms with Crippen molar-refractivity contribution in [3.63, 3.8) is 0 Å². The molecule has 0 amide bonds. The Balaban J connectivity index is 3.23. The fourth-order valence-corrected chi connectivity index (χ4v) is 3.01. The third-order valence-corrected chi connectivity index (χ3v) is 4.93. The maximum atomic E-state index is 13.0. The van der Waals surface area contributed by atoms with Gasteiger partial charge in [-0.25, -0.2) is 12.8 Å². The summed E-state index contributed by atoms with van der Waals surface area (Å²) in [5.74, 6) is -0.480. The number of sulfonamides is 1. The zero-order valence-electron chi connectivity index (χ0n) is 9.24. The number of hydrogen-bond acceptors (Lipinski definition) is 2. The van der Waals surface area contributed by atoms with Crippen LogP contribution in [-0.2, 0) is 10.0 Å². The highest BCUT2D eigenvalue weighted by Gasteiger charge is 2.23. The van der Waals surface area contributed by atoms with Crippen molar-refractivity contribution < 1.29 is 12.8 Å². The first-order valence-corrected chi connectivity index (χ1v) is 6.93. The monoisotopic (exact) mass is 309 g/mol. The lowest BCUT2D eigenvalue weighted by atomic mass is 10.3. The van der Waals surface area contributed by atoms with Crippen molar-refractivity contribution in [2.45, 2.75) is 24.8 Å². The molecule has 0 bridgehead atoms. The second-order valence-electron chi connectivity index (χ2n) is 3.69. The van der Waals surface area contributed by atoms with Crippen LogP contribution in [-0.4, -0.2) is 25.8 Å². The Morgan fingerprint density at radius 1 is 1.38 bits per heavy atom. The molecule has 6 heteroatoms. The summed E-state index contributed by atoms with van der Waals surface area (Å²) in [6, 6.07) is 3.51. The summed E-state index contributed by atoms with van der Waals surface area (Å²) >= 11 is 2.97. The first kappa shape index (κ1) is 13.6. The minimum Gasteiger partial charge on any atom is -0.207 e. The molecule has 0 radical (unpaired) electrons. The summed E-state index contributed by atoms with van der Waals surface area (Å²) in [7, 11) is -2.04. The van der Waals surface area contributed by atoms with Gasteiger partial charge in [0.15, 0.2) is 0 Å². The maximum Gasteiger partial charge on any atom is 0.243 e. The number of rotatable bonds is 3. The van der Waals surface area contributed by atoms with Crippen LogP contribution >= 0.6 is 15.9 Å². The Morgan fingerprint density at radius 3 is 2.38 bits per heavy atom. The van der Waals surface area contributed by atoms with Gasteiger partial charge in [-0.15, -0.1) is 0 Å². The molecule has 0 N–H and O–H groups in total. The molecule has 1 aromatic rings. The molecule has 0 atom stereocenters. The van der Waals surface area contributed by atoms with Crippen LogP contribution in [0.2, 0.25) is 0 Å². The van der Waals surface area contributed by atoms with Crippen molar-refractivity contribution in [1.82, 2.24) is 4.31 Å². The van der Waals surface area contributed by atoms with Crippen LogP contribution in [0.3, 0.4) is 0 Å². The fourth-order valence-electron chi connectivity index (χ4n) is 1.08. The SMILES string of the molecule is CC(C)N(C)S(=O)(=O)c1ccc(F)c(Br)c1. The molecular weight excluding hydrogens is 297 g/mol. The van der Waals surface area contributed by atoms with Gasteiger partial charge in [-0.2, -0.15) is 4.31 Å². The van der Waals surface area contributed by atoms with E-state index in [0.717, 1.165) is 6.07 Å². The van der Waals surface area contributed by atoms with Gasteiger partial charge in [0.25, 0.3) is 0 Å². The van der Waals surface area contributed by atoms with Gasteiger partial charge in [0.05, 0.1) is 9.37 Å². The van der Waals surface area contributed by atoms with Gasteiger partial charge < -0.3 is 0 Å². The molecule has 1 rings (SSSR count). The second-order valence-corrected chi connectivity index (χ2v) is 6.54. The second kappa shape index (κ2) is 4.81. The molecule has 1 aromatic carbocycles. The van der Waals surface area contributed by atoms with E-state index in [1.165, 1.54) is 23.5 Å². The van der Waals surface area contributed by atoms with Crippen LogP contribution < -0.4 is 0 Å². The van der Waals surface area contributed by atoms with Crippen LogP contribution in [0, 0.1) is 5.82 Å². The average Bonchev–Trinajstić information content (AvgIpc) is 2.20. The Hall–Kier alpha value is -0.460. The average molecular weight is 310 g/mol. The summed E-state index contributed by atoms with van der Waals surface area (Å²) in [4.78, 5) is 0.0805. The topological polar surface area (TPSA) is 37.4 Å². The fraction of sp³-hybridized carbons (Fsp3) is 0.400. The minimum absolute atomic E-state index is 0.0805. The first-order chi connectivity index (χ1) is 7.26. The Labute approximate surface area is 103 Å². The van der Waals surface area contributed by atoms with Gasteiger partial charge >= 0.3 is 0 Å². The van der Waals surface area contributed by atoms with E-state index in [0.29, 0.717) is 0 Å². The first-order valence-electron chi connectivity index (χ1n) is 4.70. The minimum atomic E-state index is -3.54. The number of hydrogen-bond donors (Lipinski definition) is 0. The lowest BCUT2D eigenvalue weighted by Crippen LogP contribution is -2.33. The highest BCUT2D eigenvalue weighted by molar-refractivity contribution is 9.10. The van der Waals surface area contributed by atoms with Crippen molar-refractivity contribution in [3.05, 3.63) is 28.5 Å². The van der Waals surface area contributed by atoms with Crippen molar-refractivity contribution >= 4 is 26.0 Å². The van der Waals surface area contributed by atoms with Crippen LogP contribution in [0.25, 0.3) is 0 Å². The van der Waals surface area contributed by atoms with Gasteiger partial charge in [0.1, 0.15) is 5.82 Å². The van der Waals surface area contributed by atoms with E-state index in [2.05, 4.69) is 15.9 Å². The molecule has 0 unspecified atom stereocenters. The third-order valence-electron chi connectivity index (χ3n) is 2.30. The van der Waals surface area contributed by atoms with Crippen molar-refractivity contribution in [2.24, 2.45) is 0 Å². The van der Waals surface area contributed by atoms with E-state index >= 15 is 0 Å². The molecule has 0 aliphatic rings. The molecule has 0 saturated carbocycles. The quantitative estimate of drug-likeness (QED) is 0.860. The zero-order valence-corrected chi connectivity index (χ0v) is 11.6. The van der Waals surface area contributed by atoms with E-state index in [4.69, 9.17) is 0 Å². The molecule has 0 spiro atoms. The van der Waals surface area contributed by atoms with E-state index in [1.54, 1.807) is 13.8 Å². The van der Waals surface area contributed by atoms with E-state index in [1.807, 2.05) is 0 Å². The molecule has 16 heavy (non-hydrogen) atoms. The summed E-state index contributed by atoms with van der Waals surface area (Å²) in [6.45, 7) is 3.55. The molecule has 0 aromatic heterocycles. The van der Waals surface area contributed by atoms with Crippen LogP contribution in [0.5, 0.6) is 0 Å². The molecule has 90 valence electrons. The van der Waals surface area contributed by atoms with Gasteiger partial charge in [0.2, 0.25) is 10.0 Å². The lowest BCUT2D eigenvalue weighted by molar-refractivity contribution is 0.410. The predicted molar refractivity (Wildman–Crippen MR) is 64.2 cm³/mol. The molecule has 0 aliphatic carbocycles. The predicted octanol–water partition coefficient (Wildman–Crippen LogP) is 2.62. The van der Waals surface area contributed by atoms with Crippen molar-refractivity contribution in [1.29, 1.82) is 0 Å². The highest BCUT2D eigenvalue weighted by Crippen LogP contribution is 2.22. The van der Waals surface area contributed by atoms with Crippen LogP contribution in [0.15, 0.2) is 27.6 Å². The van der Waals surface area contributed by atoms with Crippen LogP contribution in [0.1, 0.15) is 13.8 Å².